The van der Waals surface area contributed by atoms with Crippen molar-refractivity contribution >= 4 is 40.5 Å². The highest BCUT2D eigenvalue weighted by Gasteiger charge is 2.11. The van der Waals surface area contributed by atoms with Gasteiger partial charge < -0.3 is 19.6 Å². The number of carbonyl (C=O) groups excluding carboxylic acids is 1. The van der Waals surface area contributed by atoms with E-state index in [-0.39, 0.29) is 24.2 Å². The molecule has 150 valence electrons. The van der Waals surface area contributed by atoms with E-state index < -0.39 is 0 Å². The smallest absolute Gasteiger partial charge is 0.264 e. The van der Waals surface area contributed by atoms with E-state index in [0.29, 0.717) is 33.5 Å². The normalized spacial score (nSPS) is 10.4. The molecule has 0 aliphatic heterocycles. The molecule has 0 atom stereocenters. The Labute approximate surface area is 178 Å². The minimum absolute atomic E-state index is 0.132. The van der Waals surface area contributed by atoms with Crippen molar-refractivity contribution in [3.8, 4) is 17.1 Å². The fraction of sp³-hybridized carbons (Fsp3) is 0.143. The van der Waals surface area contributed by atoms with Crippen molar-refractivity contribution in [2.24, 2.45) is 0 Å². The highest BCUT2D eigenvalue weighted by Crippen LogP contribution is 2.31. The number of amides is 1. The molecule has 0 aliphatic rings. The summed E-state index contributed by atoms with van der Waals surface area (Å²) in [7, 11) is 0. The first-order valence-corrected chi connectivity index (χ1v) is 9.53. The molecule has 0 aliphatic carbocycles. The molecular formula is C21H19ClN2O4S. The molecule has 8 heteroatoms. The van der Waals surface area contributed by atoms with Crippen molar-refractivity contribution in [1.29, 1.82) is 0 Å². The summed E-state index contributed by atoms with van der Waals surface area (Å²) in [5.74, 6) is 1.27. The number of aliphatic hydroxyl groups is 1. The SMILES string of the molecule is Cc1ccccc1OCC(=O)NC(=S)Nc1ccc(-c2ccc(CO)o2)c(Cl)c1. The molecule has 1 aromatic heterocycles. The lowest BCUT2D eigenvalue weighted by Crippen LogP contribution is -2.37. The number of aliphatic hydroxyl groups excluding tert-OH is 1. The van der Waals surface area contributed by atoms with Gasteiger partial charge in [0.2, 0.25) is 0 Å². The topological polar surface area (TPSA) is 83.7 Å². The van der Waals surface area contributed by atoms with Crippen molar-refractivity contribution in [2.45, 2.75) is 13.5 Å². The number of hydrogen-bond acceptors (Lipinski definition) is 5. The maximum atomic E-state index is 12.0. The zero-order chi connectivity index (χ0) is 20.8. The van der Waals surface area contributed by atoms with E-state index in [1.807, 2.05) is 25.1 Å². The quantitative estimate of drug-likeness (QED) is 0.506. The molecule has 0 spiro atoms. The minimum atomic E-state index is -0.374. The van der Waals surface area contributed by atoms with Crippen LogP contribution >= 0.6 is 23.8 Å². The number of aryl methyl sites for hydroxylation is 1. The molecule has 0 fully saturated rings. The van der Waals surface area contributed by atoms with Crippen molar-refractivity contribution < 1.29 is 19.1 Å². The van der Waals surface area contributed by atoms with Gasteiger partial charge in [-0.15, -0.1) is 0 Å². The van der Waals surface area contributed by atoms with E-state index >= 15 is 0 Å². The molecule has 1 amide bonds. The number of halogens is 1. The van der Waals surface area contributed by atoms with Gasteiger partial charge >= 0.3 is 0 Å². The number of ether oxygens (including phenoxy) is 1. The van der Waals surface area contributed by atoms with Crippen molar-refractivity contribution in [2.75, 3.05) is 11.9 Å². The summed E-state index contributed by atoms with van der Waals surface area (Å²) in [6, 6.07) is 16.0. The van der Waals surface area contributed by atoms with Gasteiger partial charge in [-0.1, -0.05) is 29.8 Å². The Morgan fingerprint density at radius 3 is 2.69 bits per heavy atom. The van der Waals surface area contributed by atoms with Crippen LogP contribution in [0.15, 0.2) is 59.0 Å². The summed E-state index contributed by atoms with van der Waals surface area (Å²) in [6.45, 7) is 1.57. The van der Waals surface area contributed by atoms with Crippen LogP contribution in [0.5, 0.6) is 5.75 Å². The van der Waals surface area contributed by atoms with Gasteiger partial charge in [0.25, 0.3) is 5.91 Å². The third-order valence-corrected chi connectivity index (χ3v) is 4.53. The van der Waals surface area contributed by atoms with Gasteiger partial charge in [0, 0.05) is 11.3 Å². The number of furan rings is 1. The molecule has 3 rings (SSSR count). The zero-order valence-corrected chi connectivity index (χ0v) is 17.1. The van der Waals surface area contributed by atoms with Crippen LogP contribution in [0.2, 0.25) is 5.02 Å². The van der Waals surface area contributed by atoms with Crippen LogP contribution in [-0.2, 0) is 11.4 Å². The van der Waals surface area contributed by atoms with E-state index in [1.54, 1.807) is 36.4 Å². The highest BCUT2D eigenvalue weighted by molar-refractivity contribution is 7.80. The number of rotatable bonds is 6. The van der Waals surface area contributed by atoms with E-state index in [9.17, 15) is 4.79 Å². The average Bonchev–Trinajstić information content (AvgIpc) is 3.16. The maximum Gasteiger partial charge on any atom is 0.264 e. The third kappa shape index (κ3) is 5.57. The Morgan fingerprint density at radius 1 is 1.21 bits per heavy atom. The van der Waals surface area contributed by atoms with Gasteiger partial charge in [0.05, 0.1) is 5.02 Å². The Morgan fingerprint density at radius 2 is 2.00 bits per heavy atom. The molecule has 29 heavy (non-hydrogen) atoms. The van der Waals surface area contributed by atoms with Crippen LogP contribution < -0.4 is 15.4 Å². The van der Waals surface area contributed by atoms with Crippen LogP contribution in [0.3, 0.4) is 0 Å². The number of thiocarbonyl (C=S) groups is 1. The number of anilines is 1. The molecule has 1 heterocycles. The molecule has 0 bridgehead atoms. The lowest BCUT2D eigenvalue weighted by molar-refractivity contribution is -0.121. The second kappa shape index (κ2) is 9.56. The predicted molar refractivity (Wildman–Crippen MR) is 116 cm³/mol. The standard InChI is InChI=1S/C21H19ClN2O4S/c1-13-4-2-3-5-18(13)27-12-20(26)24-21(29)23-14-6-8-16(17(22)10-14)19-9-7-15(11-25)28-19/h2-10,25H,11-12H2,1H3,(H2,23,24,26,29). The number of benzene rings is 2. The van der Waals surface area contributed by atoms with Crippen molar-refractivity contribution in [1.82, 2.24) is 5.32 Å². The van der Waals surface area contributed by atoms with Gasteiger partial charge in [-0.25, -0.2) is 0 Å². The van der Waals surface area contributed by atoms with Gasteiger partial charge in [0.15, 0.2) is 11.7 Å². The first kappa shape index (κ1) is 20.9. The Balaban J connectivity index is 1.55. The second-order valence-electron chi connectivity index (χ2n) is 6.18. The first-order chi connectivity index (χ1) is 14.0. The molecule has 0 saturated heterocycles. The molecule has 0 saturated carbocycles. The summed E-state index contributed by atoms with van der Waals surface area (Å²) < 4.78 is 11.0. The number of para-hydroxylation sites is 1. The lowest BCUT2D eigenvalue weighted by Gasteiger charge is -2.12. The molecule has 6 nitrogen and oxygen atoms in total. The van der Waals surface area contributed by atoms with E-state index in [1.165, 1.54) is 0 Å². The number of carbonyl (C=O) groups is 1. The summed E-state index contributed by atoms with van der Waals surface area (Å²) in [6.07, 6.45) is 0. The lowest BCUT2D eigenvalue weighted by atomic mass is 10.1. The molecule has 3 N–H and O–H groups in total. The fourth-order valence-electron chi connectivity index (χ4n) is 2.59. The van der Waals surface area contributed by atoms with Gasteiger partial charge in [-0.2, -0.15) is 0 Å². The summed E-state index contributed by atoms with van der Waals surface area (Å²) in [5.41, 5.74) is 2.23. The van der Waals surface area contributed by atoms with Gasteiger partial charge in [-0.3, -0.25) is 10.1 Å². The van der Waals surface area contributed by atoms with E-state index in [0.717, 1.165) is 5.56 Å². The van der Waals surface area contributed by atoms with Gasteiger partial charge in [-0.05, 0) is 61.1 Å². The molecular weight excluding hydrogens is 412 g/mol. The van der Waals surface area contributed by atoms with Crippen LogP contribution in [0, 0.1) is 6.92 Å². The third-order valence-electron chi connectivity index (χ3n) is 4.02. The molecule has 2 aromatic carbocycles. The summed E-state index contributed by atoms with van der Waals surface area (Å²) >= 11 is 11.5. The van der Waals surface area contributed by atoms with Crippen LogP contribution in [0.4, 0.5) is 5.69 Å². The zero-order valence-electron chi connectivity index (χ0n) is 15.6. The summed E-state index contributed by atoms with van der Waals surface area (Å²) in [5, 5.41) is 15.1. The highest BCUT2D eigenvalue weighted by atomic mass is 35.5. The first-order valence-electron chi connectivity index (χ1n) is 8.75. The molecule has 3 aromatic rings. The van der Waals surface area contributed by atoms with Crippen LogP contribution in [-0.4, -0.2) is 22.7 Å². The predicted octanol–water partition coefficient (Wildman–Crippen LogP) is 4.29. The fourth-order valence-corrected chi connectivity index (χ4v) is 3.09. The number of hydrogen-bond donors (Lipinski definition) is 3. The Kier molecular flexibility index (Phi) is 6.87. The van der Waals surface area contributed by atoms with Crippen LogP contribution in [0.1, 0.15) is 11.3 Å². The van der Waals surface area contributed by atoms with Crippen molar-refractivity contribution in [3.05, 3.63) is 70.9 Å². The van der Waals surface area contributed by atoms with Gasteiger partial charge in [0.1, 0.15) is 23.9 Å². The molecule has 0 radical (unpaired) electrons. The van der Waals surface area contributed by atoms with Crippen molar-refractivity contribution in [3.63, 3.8) is 0 Å². The van der Waals surface area contributed by atoms with E-state index in [2.05, 4.69) is 10.6 Å². The monoisotopic (exact) mass is 430 g/mol. The molecule has 0 unspecified atom stereocenters. The maximum absolute atomic E-state index is 12.0. The van der Waals surface area contributed by atoms with Crippen LogP contribution in [0.25, 0.3) is 11.3 Å². The second-order valence-corrected chi connectivity index (χ2v) is 6.99. The average molecular weight is 431 g/mol. The van der Waals surface area contributed by atoms with E-state index in [4.69, 9.17) is 38.1 Å². The Hall–Kier alpha value is -2.87. The minimum Gasteiger partial charge on any atom is -0.483 e. The summed E-state index contributed by atoms with van der Waals surface area (Å²) in [4.78, 5) is 12.0. The number of nitrogens with one attached hydrogen (secondary N) is 2. The largest absolute Gasteiger partial charge is 0.483 e. The Bertz CT molecular complexity index is 1040.